The average molecular weight is 454 g/mol. The maximum Gasteiger partial charge on any atom is 0.220 e. The van der Waals surface area contributed by atoms with Crippen molar-refractivity contribution in [2.24, 2.45) is 5.10 Å². The predicted octanol–water partition coefficient (Wildman–Crippen LogP) is 4.48. The van der Waals surface area contributed by atoms with Crippen molar-refractivity contribution in [3.63, 3.8) is 0 Å². The molecule has 180 valence electrons. The third-order valence-electron chi connectivity index (χ3n) is 5.71. The normalized spacial score (nSPS) is 14.5. The van der Waals surface area contributed by atoms with Gasteiger partial charge in [-0.15, -0.1) is 0 Å². The van der Waals surface area contributed by atoms with Crippen LogP contribution in [0.15, 0.2) is 35.4 Å². The number of morpholine rings is 1. The molecule has 0 spiro atoms. The Labute approximate surface area is 198 Å². The third-order valence-corrected chi connectivity index (χ3v) is 5.71. The number of nitrogens with one attached hydrogen (secondary N) is 1. The number of ether oxygens (including phenoxy) is 2. The van der Waals surface area contributed by atoms with Crippen LogP contribution in [0.4, 0.5) is 11.5 Å². The second kappa shape index (κ2) is 13.2. The molecular formula is C26H39N5O2. The topological polar surface area (TPSA) is 62.2 Å². The van der Waals surface area contributed by atoms with Crippen molar-refractivity contribution in [3.05, 3.63) is 47.0 Å². The van der Waals surface area contributed by atoms with Crippen LogP contribution in [0.2, 0.25) is 0 Å². The number of pyridine rings is 1. The molecule has 0 saturated carbocycles. The fourth-order valence-electron chi connectivity index (χ4n) is 4.01. The van der Waals surface area contributed by atoms with E-state index in [2.05, 4.69) is 66.2 Å². The minimum atomic E-state index is 0.602. The van der Waals surface area contributed by atoms with Crippen LogP contribution in [0, 0.1) is 13.8 Å². The molecule has 1 aromatic heterocycles. The van der Waals surface area contributed by atoms with Crippen molar-refractivity contribution >= 4 is 17.7 Å². The summed E-state index contributed by atoms with van der Waals surface area (Å²) in [5.74, 6) is 1.37. The maximum atomic E-state index is 6.20. The zero-order chi connectivity index (χ0) is 23.5. The summed E-state index contributed by atoms with van der Waals surface area (Å²) in [6, 6.07) is 10.3. The second-order valence-corrected chi connectivity index (χ2v) is 8.53. The summed E-state index contributed by atoms with van der Waals surface area (Å²) in [6.45, 7) is 15.6. The van der Waals surface area contributed by atoms with Gasteiger partial charge in [0.1, 0.15) is 6.61 Å². The first kappa shape index (κ1) is 25.0. The highest BCUT2D eigenvalue weighted by Gasteiger charge is 2.16. The summed E-state index contributed by atoms with van der Waals surface area (Å²) in [5.41, 5.74) is 7.62. The molecule has 0 unspecified atom stereocenters. The highest BCUT2D eigenvalue weighted by molar-refractivity contribution is 5.80. The monoisotopic (exact) mass is 453 g/mol. The van der Waals surface area contributed by atoms with E-state index >= 15 is 0 Å². The van der Waals surface area contributed by atoms with Crippen LogP contribution < -0.4 is 15.1 Å². The molecule has 3 rings (SSSR count). The quantitative estimate of drug-likeness (QED) is 0.378. The Morgan fingerprint density at radius 3 is 2.61 bits per heavy atom. The Bertz CT molecular complexity index is 890. The lowest BCUT2D eigenvalue weighted by molar-refractivity contribution is 0.0319. The van der Waals surface area contributed by atoms with Crippen molar-refractivity contribution in [1.29, 1.82) is 0 Å². The highest BCUT2D eigenvalue weighted by atomic mass is 16.5. The lowest BCUT2D eigenvalue weighted by Gasteiger charge is -2.28. The van der Waals surface area contributed by atoms with Crippen LogP contribution in [0.3, 0.4) is 0 Å². The predicted molar refractivity (Wildman–Crippen MR) is 137 cm³/mol. The molecule has 7 nitrogen and oxygen atoms in total. The van der Waals surface area contributed by atoms with Crippen LogP contribution in [-0.2, 0) is 4.74 Å². The molecule has 1 N–H and O–H groups in total. The fraction of sp³-hybridized carbons (Fsp3) is 0.538. The van der Waals surface area contributed by atoms with Gasteiger partial charge < -0.3 is 14.4 Å². The summed E-state index contributed by atoms with van der Waals surface area (Å²) in [6.07, 6.45) is 4.00. The number of hydrogen-bond acceptors (Lipinski definition) is 7. The molecule has 7 heteroatoms. The number of anilines is 2. The van der Waals surface area contributed by atoms with Gasteiger partial charge in [0.25, 0.3) is 0 Å². The van der Waals surface area contributed by atoms with Crippen LogP contribution in [0.25, 0.3) is 0 Å². The molecule has 1 fully saturated rings. The second-order valence-electron chi connectivity index (χ2n) is 8.53. The first-order valence-electron chi connectivity index (χ1n) is 12.2. The van der Waals surface area contributed by atoms with Crippen LogP contribution in [0.5, 0.6) is 5.88 Å². The molecule has 1 aromatic carbocycles. The molecule has 0 aliphatic carbocycles. The van der Waals surface area contributed by atoms with Gasteiger partial charge in [-0.3, -0.25) is 10.3 Å². The first-order chi connectivity index (χ1) is 16.1. The molecule has 0 radical (unpaired) electrons. The molecule has 2 heterocycles. The van der Waals surface area contributed by atoms with Crippen molar-refractivity contribution in [2.45, 2.75) is 40.5 Å². The fourth-order valence-corrected chi connectivity index (χ4v) is 4.01. The van der Waals surface area contributed by atoms with Crippen molar-refractivity contribution < 1.29 is 9.47 Å². The number of hydrazone groups is 1. The van der Waals surface area contributed by atoms with Gasteiger partial charge in [0.2, 0.25) is 5.88 Å². The molecule has 0 bridgehead atoms. The summed E-state index contributed by atoms with van der Waals surface area (Å²) in [7, 11) is 0. The zero-order valence-electron chi connectivity index (χ0n) is 20.6. The molecule has 1 aliphatic rings. The number of nitrogens with zero attached hydrogens (tertiary/aromatic N) is 4. The smallest absolute Gasteiger partial charge is 0.220 e. The van der Waals surface area contributed by atoms with E-state index in [-0.39, 0.29) is 0 Å². The van der Waals surface area contributed by atoms with E-state index in [0.29, 0.717) is 18.3 Å². The van der Waals surface area contributed by atoms with Crippen molar-refractivity contribution in [2.75, 3.05) is 62.9 Å². The van der Waals surface area contributed by atoms with E-state index in [1.807, 2.05) is 18.3 Å². The molecule has 1 aliphatic heterocycles. The Kier molecular flexibility index (Phi) is 9.97. The Balaban J connectivity index is 1.77. The number of aromatic nitrogens is 1. The Morgan fingerprint density at radius 1 is 1.15 bits per heavy atom. The first-order valence-corrected chi connectivity index (χ1v) is 12.2. The molecular weight excluding hydrogens is 414 g/mol. The van der Waals surface area contributed by atoms with Gasteiger partial charge in [0.15, 0.2) is 5.82 Å². The van der Waals surface area contributed by atoms with E-state index in [9.17, 15) is 0 Å². The van der Waals surface area contributed by atoms with E-state index in [1.54, 1.807) is 0 Å². The summed E-state index contributed by atoms with van der Waals surface area (Å²) in [5, 5.41) is 4.44. The average Bonchev–Trinajstić information content (AvgIpc) is 2.81. The number of hydrogen-bond donors (Lipinski definition) is 1. The molecule has 1 saturated heterocycles. The minimum Gasteiger partial charge on any atom is -0.476 e. The molecule has 0 atom stereocenters. The lowest BCUT2D eigenvalue weighted by Crippen LogP contribution is -2.38. The van der Waals surface area contributed by atoms with Gasteiger partial charge in [0.05, 0.1) is 19.4 Å². The van der Waals surface area contributed by atoms with Crippen LogP contribution >= 0.6 is 0 Å². The molecule has 0 amide bonds. The molecule has 33 heavy (non-hydrogen) atoms. The number of aryl methyl sites for hydroxylation is 1. The van der Waals surface area contributed by atoms with E-state index in [1.165, 1.54) is 5.56 Å². The zero-order valence-corrected chi connectivity index (χ0v) is 20.6. The van der Waals surface area contributed by atoms with E-state index in [4.69, 9.17) is 14.5 Å². The van der Waals surface area contributed by atoms with E-state index < -0.39 is 0 Å². The van der Waals surface area contributed by atoms with E-state index in [0.717, 1.165) is 75.6 Å². The van der Waals surface area contributed by atoms with Gasteiger partial charge in [-0.05, 0) is 32.3 Å². The SMILES string of the molecule is CCCN(CCC)c1cc(N/N=C/c2cccc(C)c2)nc(OCCN2CCOCC2)c1C. The Morgan fingerprint density at radius 2 is 1.91 bits per heavy atom. The van der Waals surface area contributed by atoms with Gasteiger partial charge >= 0.3 is 0 Å². The summed E-state index contributed by atoms with van der Waals surface area (Å²) < 4.78 is 11.6. The van der Waals surface area contributed by atoms with Gasteiger partial charge in [0, 0.05) is 50.0 Å². The van der Waals surface area contributed by atoms with Crippen molar-refractivity contribution in [1.82, 2.24) is 9.88 Å². The maximum absolute atomic E-state index is 6.20. The third kappa shape index (κ3) is 7.72. The largest absolute Gasteiger partial charge is 0.476 e. The summed E-state index contributed by atoms with van der Waals surface area (Å²) in [4.78, 5) is 9.54. The van der Waals surface area contributed by atoms with Crippen molar-refractivity contribution in [3.8, 4) is 5.88 Å². The number of rotatable bonds is 12. The van der Waals surface area contributed by atoms with Crippen LogP contribution in [-0.4, -0.2) is 68.6 Å². The standard InChI is InChI=1S/C26H39N5O2/c1-5-10-31(11-6-2)24-19-25(29-27-20-23-9-7-8-21(3)18-23)28-26(22(24)4)33-17-14-30-12-15-32-16-13-30/h7-9,18-20H,5-6,10-17H2,1-4H3,(H,28,29)/b27-20+. The highest BCUT2D eigenvalue weighted by Crippen LogP contribution is 2.30. The van der Waals surface area contributed by atoms with Crippen LogP contribution in [0.1, 0.15) is 43.4 Å². The Hall–Kier alpha value is -2.64. The van der Waals surface area contributed by atoms with Gasteiger partial charge in [-0.2, -0.15) is 10.1 Å². The lowest BCUT2D eigenvalue weighted by atomic mass is 10.2. The minimum absolute atomic E-state index is 0.602. The molecule has 2 aromatic rings. The number of benzene rings is 1. The van der Waals surface area contributed by atoms with Gasteiger partial charge in [-0.25, -0.2) is 0 Å². The summed E-state index contributed by atoms with van der Waals surface area (Å²) >= 11 is 0. The van der Waals surface area contributed by atoms with Gasteiger partial charge in [-0.1, -0.05) is 43.7 Å².